The van der Waals surface area contributed by atoms with E-state index in [4.69, 9.17) is 11.5 Å². The van der Waals surface area contributed by atoms with Crippen LogP contribution in [0.1, 0.15) is 48.6 Å². The van der Waals surface area contributed by atoms with E-state index in [1.165, 1.54) is 6.08 Å². The molecule has 1 saturated heterocycles. The van der Waals surface area contributed by atoms with Crippen molar-refractivity contribution >= 4 is 23.5 Å². The summed E-state index contributed by atoms with van der Waals surface area (Å²) in [6, 6.07) is 7.10. The first-order chi connectivity index (χ1) is 13.3. The number of hydrogen-bond acceptors (Lipinski definition) is 4. The number of para-hydroxylation sites is 1. The first-order valence-corrected chi connectivity index (χ1v) is 9.52. The zero-order valence-corrected chi connectivity index (χ0v) is 16.4. The van der Waals surface area contributed by atoms with Gasteiger partial charge in [-0.2, -0.15) is 0 Å². The molecule has 1 aromatic carbocycles. The number of H-pyrrole nitrogens is 1. The fourth-order valence-corrected chi connectivity index (χ4v) is 3.83. The Morgan fingerprint density at radius 2 is 2.14 bits per heavy atom. The second-order valence-corrected chi connectivity index (χ2v) is 7.50. The monoisotopic (exact) mass is 380 g/mol. The number of aromatic amines is 1. The zero-order chi connectivity index (χ0) is 20.4. The highest BCUT2D eigenvalue weighted by atomic mass is 16.3. The number of nitrogens with two attached hydrogens (primary N) is 2. The first-order valence-electron chi connectivity index (χ1n) is 9.52. The van der Waals surface area contributed by atoms with Gasteiger partial charge in [-0.1, -0.05) is 32.6 Å². The van der Waals surface area contributed by atoms with Gasteiger partial charge in [-0.25, -0.2) is 0 Å². The van der Waals surface area contributed by atoms with E-state index in [0.29, 0.717) is 23.5 Å². The maximum absolute atomic E-state index is 11.9. The van der Waals surface area contributed by atoms with Gasteiger partial charge in [-0.05, 0) is 42.2 Å². The van der Waals surface area contributed by atoms with Crippen molar-refractivity contribution in [1.29, 1.82) is 0 Å². The van der Waals surface area contributed by atoms with Gasteiger partial charge in [0.25, 0.3) is 0 Å². The van der Waals surface area contributed by atoms with Gasteiger partial charge in [-0.3, -0.25) is 4.79 Å². The molecule has 1 aliphatic heterocycles. The highest BCUT2D eigenvalue weighted by Gasteiger charge is 2.32. The maximum Gasteiger partial charge on any atom is 0.246 e. The lowest BCUT2D eigenvalue weighted by Gasteiger charge is -2.40. The molecule has 1 fully saturated rings. The van der Waals surface area contributed by atoms with Gasteiger partial charge >= 0.3 is 0 Å². The van der Waals surface area contributed by atoms with E-state index in [-0.39, 0.29) is 23.6 Å². The van der Waals surface area contributed by atoms with Crippen LogP contribution in [0.2, 0.25) is 0 Å². The quantitative estimate of drug-likeness (QED) is 0.577. The van der Waals surface area contributed by atoms with Crippen LogP contribution in [0.25, 0.3) is 11.8 Å². The zero-order valence-electron chi connectivity index (χ0n) is 16.4. The number of rotatable bonds is 6. The average Bonchev–Trinajstić information content (AvgIpc) is 2.94. The van der Waals surface area contributed by atoms with E-state index < -0.39 is 0 Å². The summed E-state index contributed by atoms with van der Waals surface area (Å²) in [5, 5.41) is 10.1. The van der Waals surface area contributed by atoms with E-state index in [9.17, 15) is 9.90 Å². The molecule has 1 aromatic heterocycles. The molecule has 28 heavy (non-hydrogen) atoms. The molecule has 6 heteroatoms. The Bertz CT molecular complexity index is 927. The molecule has 6 N–H and O–H groups in total. The lowest BCUT2D eigenvalue weighted by atomic mass is 9.91. The predicted molar refractivity (Wildman–Crippen MR) is 113 cm³/mol. The number of aromatic hydroxyl groups is 1. The fourth-order valence-electron chi connectivity index (χ4n) is 3.83. The number of anilines is 1. The number of amides is 1. The number of likely N-dealkylation sites (tertiary alicyclic amines) is 1. The molecular formula is C22H28N4O2. The summed E-state index contributed by atoms with van der Waals surface area (Å²) in [5.74, 6) is 0.851. The molecular weight excluding hydrogens is 352 g/mol. The van der Waals surface area contributed by atoms with Crippen LogP contribution in [0.3, 0.4) is 0 Å². The number of phenols is 1. The number of carbonyl (C=O) groups excluding carboxylic acids is 1. The molecule has 1 aliphatic rings. The number of hydrogen-bond donors (Lipinski definition) is 4. The van der Waals surface area contributed by atoms with Crippen LogP contribution in [0.4, 0.5) is 5.82 Å². The van der Waals surface area contributed by atoms with Crippen LogP contribution in [-0.2, 0) is 11.2 Å². The van der Waals surface area contributed by atoms with E-state index >= 15 is 0 Å². The van der Waals surface area contributed by atoms with Gasteiger partial charge in [0.05, 0.1) is 0 Å². The van der Waals surface area contributed by atoms with Crippen LogP contribution >= 0.6 is 0 Å². The van der Waals surface area contributed by atoms with Gasteiger partial charge in [0.15, 0.2) is 0 Å². The highest BCUT2D eigenvalue weighted by molar-refractivity contribution is 5.88. The standard InChI is InChI=1S/C22H28N4O2/c1-4-20(28)26-10-9-14(26)11-18-21(13(2)3)16(22(24)25-18)12-17(23)15-7-5-6-8-19(15)27/h4-8,12-14,25,27H,1,9-11,23-24H2,2-3H3/b17-12-. The second kappa shape index (κ2) is 7.84. The van der Waals surface area contributed by atoms with E-state index in [1.54, 1.807) is 18.2 Å². The summed E-state index contributed by atoms with van der Waals surface area (Å²) in [4.78, 5) is 17.1. The van der Waals surface area contributed by atoms with Crippen LogP contribution in [0.15, 0.2) is 36.9 Å². The minimum Gasteiger partial charge on any atom is -0.507 e. The van der Waals surface area contributed by atoms with Gasteiger partial charge in [0.1, 0.15) is 11.6 Å². The molecule has 0 bridgehead atoms. The molecule has 2 aromatic rings. The topological polar surface area (TPSA) is 108 Å². The fraction of sp³-hybridized carbons (Fsp3) is 0.318. The van der Waals surface area contributed by atoms with Crippen molar-refractivity contribution in [2.75, 3.05) is 12.3 Å². The minimum atomic E-state index is -0.0363. The molecule has 0 radical (unpaired) electrons. The summed E-state index contributed by atoms with van der Waals surface area (Å²) < 4.78 is 0. The summed E-state index contributed by atoms with van der Waals surface area (Å²) in [6.07, 6.45) is 4.84. The Hall–Kier alpha value is -3.15. The van der Waals surface area contributed by atoms with Crippen molar-refractivity contribution < 1.29 is 9.90 Å². The van der Waals surface area contributed by atoms with Crippen molar-refractivity contribution in [2.24, 2.45) is 5.73 Å². The van der Waals surface area contributed by atoms with E-state index in [2.05, 4.69) is 25.4 Å². The van der Waals surface area contributed by atoms with Crippen molar-refractivity contribution in [1.82, 2.24) is 9.88 Å². The number of nitrogens with zero attached hydrogens (tertiary/aromatic N) is 1. The number of aromatic nitrogens is 1. The Labute approximate surface area is 165 Å². The molecule has 1 unspecified atom stereocenters. The van der Waals surface area contributed by atoms with Gasteiger partial charge in [0.2, 0.25) is 5.91 Å². The Kier molecular flexibility index (Phi) is 5.49. The Morgan fingerprint density at radius 1 is 1.43 bits per heavy atom. The van der Waals surface area contributed by atoms with E-state index in [1.807, 2.05) is 17.0 Å². The summed E-state index contributed by atoms with van der Waals surface area (Å²) in [6.45, 7) is 8.54. The minimum absolute atomic E-state index is 0.0363. The second-order valence-electron chi connectivity index (χ2n) is 7.50. The molecule has 6 nitrogen and oxygen atoms in total. The third kappa shape index (κ3) is 3.63. The van der Waals surface area contributed by atoms with Crippen molar-refractivity contribution in [3.05, 3.63) is 59.3 Å². The third-order valence-electron chi connectivity index (χ3n) is 5.32. The highest BCUT2D eigenvalue weighted by Crippen LogP contribution is 2.34. The van der Waals surface area contributed by atoms with Crippen molar-refractivity contribution in [3.8, 4) is 5.75 Å². The number of nitrogen functional groups attached to an aromatic ring is 1. The lowest BCUT2D eigenvalue weighted by Crippen LogP contribution is -2.51. The molecule has 1 amide bonds. The number of carbonyl (C=O) groups is 1. The average molecular weight is 380 g/mol. The third-order valence-corrected chi connectivity index (χ3v) is 5.32. The summed E-state index contributed by atoms with van der Waals surface area (Å²) in [5.41, 5.74) is 16.5. The van der Waals surface area contributed by atoms with Gasteiger partial charge in [-0.15, -0.1) is 0 Å². The molecule has 0 spiro atoms. The number of nitrogens with one attached hydrogen (secondary N) is 1. The van der Waals surface area contributed by atoms with Gasteiger partial charge in [0, 0.05) is 41.5 Å². The van der Waals surface area contributed by atoms with Crippen LogP contribution < -0.4 is 11.5 Å². The van der Waals surface area contributed by atoms with E-state index in [0.717, 1.165) is 29.8 Å². The molecule has 148 valence electrons. The molecule has 3 rings (SSSR count). The van der Waals surface area contributed by atoms with Crippen LogP contribution in [0, 0.1) is 0 Å². The predicted octanol–water partition coefficient (Wildman–Crippen LogP) is 3.21. The summed E-state index contributed by atoms with van der Waals surface area (Å²) in [7, 11) is 0. The smallest absolute Gasteiger partial charge is 0.246 e. The lowest BCUT2D eigenvalue weighted by molar-refractivity contribution is -0.133. The van der Waals surface area contributed by atoms with Crippen molar-refractivity contribution in [3.63, 3.8) is 0 Å². The maximum atomic E-state index is 11.9. The molecule has 0 saturated carbocycles. The molecule has 0 aliphatic carbocycles. The van der Waals surface area contributed by atoms with Crippen LogP contribution in [0.5, 0.6) is 5.75 Å². The van der Waals surface area contributed by atoms with Crippen molar-refractivity contribution in [2.45, 2.75) is 38.6 Å². The normalized spacial score (nSPS) is 16.9. The molecule has 1 atom stereocenters. The first kappa shape index (κ1) is 19.6. The molecule has 2 heterocycles. The number of benzene rings is 1. The Morgan fingerprint density at radius 3 is 2.71 bits per heavy atom. The summed E-state index contributed by atoms with van der Waals surface area (Å²) >= 11 is 0. The van der Waals surface area contributed by atoms with Gasteiger partial charge < -0.3 is 26.5 Å². The Balaban J connectivity index is 1.95. The largest absolute Gasteiger partial charge is 0.507 e. The number of phenolic OH excluding ortho intramolecular Hbond substituents is 1. The van der Waals surface area contributed by atoms with Crippen LogP contribution in [-0.4, -0.2) is 33.5 Å². The SMILES string of the molecule is C=CC(=O)N1CCC1Cc1[nH]c(N)c(/C=C(\N)c2ccccc2O)c1C(C)C.